The standard InChI is InChI=1S/C23H38N4O2/c1-4-13-27(14-5-2)23(29)8-6-7-22(28)25-18-20-9-10-21(24-17-20)26-15-11-19(3)12-16-26/h9-10,17,19H,4-8,11-16,18H2,1-3H3,(H,25,28). The molecule has 0 atom stereocenters. The Balaban J connectivity index is 1.67. The summed E-state index contributed by atoms with van der Waals surface area (Å²) < 4.78 is 0. The first-order valence-electron chi connectivity index (χ1n) is 11.3. The van der Waals surface area contributed by atoms with Crippen LogP contribution in [0.4, 0.5) is 5.82 Å². The van der Waals surface area contributed by atoms with Gasteiger partial charge in [-0.2, -0.15) is 0 Å². The van der Waals surface area contributed by atoms with Crippen molar-refractivity contribution < 1.29 is 9.59 Å². The number of amides is 2. The van der Waals surface area contributed by atoms with Crippen molar-refractivity contribution in [3.05, 3.63) is 23.9 Å². The third-order valence-corrected chi connectivity index (χ3v) is 5.54. The van der Waals surface area contributed by atoms with E-state index < -0.39 is 0 Å². The molecule has 162 valence electrons. The molecule has 29 heavy (non-hydrogen) atoms. The molecule has 2 amide bonds. The van der Waals surface area contributed by atoms with E-state index in [4.69, 9.17) is 0 Å². The summed E-state index contributed by atoms with van der Waals surface area (Å²) in [6.07, 6.45) is 7.65. The van der Waals surface area contributed by atoms with Crippen LogP contribution in [0.3, 0.4) is 0 Å². The van der Waals surface area contributed by atoms with Crippen LogP contribution in [0, 0.1) is 5.92 Å². The number of carbonyl (C=O) groups excluding carboxylic acids is 2. The lowest BCUT2D eigenvalue weighted by atomic mass is 9.99. The molecule has 2 heterocycles. The van der Waals surface area contributed by atoms with Crippen LogP contribution < -0.4 is 10.2 Å². The monoisotopic (exact) mass is 402 g/mol. The summed E-state index contributed by atoms with van der Waals surface area (Å²) in [5, 5.41) is 2.94. The van der Waals surface area contributed by atoms with Gasteiger partial charge in [-0.1, -0.05) is 26.8 Å². The number of carbonyl (C=O) groups is 2. The highest BCUT2D eigenvalue weighted by Crippen LogP contribution is 2.21. The maximum atomic E-state index is 12.2. The van der Waals surface area contributed by atoms with Crippen molar-refractivity contribution in [1.29, 1.82) is 0 Å². The first-order chi connectivity index (χ1) is 14.0. The fourth-order valence-electron chi connectivity index (χ4n) is 3.69. The zero-order valence-corrected chi connectivity index (χ0v) is 18.5. The molecule has 6 nitrogen and oxygen atoms in total. The molecule has 0 aromatic carbocycles. The minimum atomic E-state index is -0.00979. The van der Waals surface area contributed by atoms with Crippen molar-refractivity contribution in [2.45, 2.75) is 72.3 Å². The lowest BCUT2D eigenvalue weighted by Gasteiger charge is -2.31. The summed E-state index contributed by atoms with van der Waals surface area (Å²) in [6, 6.07) is 4.09. The first-order valence-corrected chi connectivity index (χ1v) is 11.3. The van der Waals surface area contributed by atoms with E-state index in [1.165, 1.54) is 12.8 Å². The predicted molar refractivity (Wildman–Crippen MR) is 118 cm³/mol. The molecule has 0 unspecified atom stereocenters. The van der Waals surface area contributed by atoms with E-state index in [0.717, 1.165) is 56.3 Å². The third-order valence-electron chi connectivity index (χ3n) is 5.54. The van der Waals surface area contributed by atoms with Gasteiger partial charge in [0.05, 0.1) is 0 Å². The minimum absolute atomic E-state index is 0.00979. The predicted octanol–water partition coefficient (Wildman–Crippen LogP) is 3.75. The summed E-state index contributed by atoms with van der Waals surface area (Å²) >= 11 is 0. The summed E-state index contributed by atoms with van der Waals surface area (Å²) in [6.45, 7) is 10.7. The van der Waals surface area contributed by atoms with E-state index >= 15 is 0 Å². The van der Waals surface area contributed by atoms with Gasteiger partial charge in [0.1, 0.15) is 5.82 Å². The third kappa shape index (κ3) is 8.03. The van der Waals surface area contributed by atoms with E-state index in [9.17, 15) is 9.59 Å². The number of nitrogens with zero attached hydrogens (tertiary/aromatic N) is 3. The number of hydrogen-bond donors (Lipinski definition) is 1. The van der Waals surface area contributed by atoms with Gasteiger partial charge < -0.3 is 15.1 Å². The molecule has 1 N–H and O–H groups in total. The van der Waals surface area contributed by atoms with Crippen molar-refractivity contribution in [2.24, 2.45) is 5.92 Å². The molecule has 1 aromatic rings. The molecule has 1 saturated heterocycles. The van der Waals surface area contributed by atoms with Crippen LogP contribution in [0.15, 0.2) is 18.3 Å². The second-order valence-corrected chi connectivity index (χ2v) is 8.21. The molecule has 0 radical (unpaired) electrons. The maximum absolute atomic E-state index is 12.2. The molecule has 1 aromatic heterocycles. The Morgan fingerprint density at radius 3 is 2.41 bits per heavy atom. The van der Waals surface area contributed by atoms with Gasteiger partial charge in [0.15, 0.2) is 0 Å². The van der Waals surface area contributed by atoms with E-state index in [0.29, 0.717) is 25.8 Å². The topological polar surface area (TPSA) is 65.5 Å². The van der Waals surface area contributed by atoms with Crippen LogP contribution in [0.2, 0.25) is 0 Å². The highest BCUT2D eigenvalue weighted by atomic mass is 16.2. The molecule has 2 rings (SSSR count). The normalized spacial score (nSPS) is 14.7. The fourth-order valence-corrected chi connectivity index (χ4v) is 3.69. The molecule has 1 fully saturated rings. The Morgan fingerprint density at radius 2 is 1.83 bits per heavy atom. The highest BCUT2D eigenvalue weighted by Gasteiger charge is 2.17. The number of anilines is 1. The van der Waals surface area contributed by atoms with Gasteiger partial charge in [-0.3, -0.25) is 9.59 Å². The van der Waals surface area contributed by atoms with Crippen LogP contribution in [0.1, 0.15) is 71.3 Å². The molecular formula is C23H38N4O2. The van der Waals surface area contributed by atoms with Crippen LogP contribution in [0.25, 0.3) is 0 Å². The number of piperidine rings is 1. The largest absolute Gasteiger partial charge is 0.357 e. The lowest BCUT2D eigenvalue weighted by Crippen LogP contribution is -2.33. The van der Waals surface area contributed by atoms with Crippen molar-refractivity contribution in [3.8, 4) is 0 Å². The number of aromatic nitrogens is 1. The Kier molecular flexibility index (Phi) is 9.95. The Hall–Kier alpha value is -2.11. The molecule has 0 spiro atoms. The summed E-state index contributed by atoms with van der Waals surface area (Å²) in [5.41, 5.74) is 1.00. The van der Waals surface area contributed by atoms with Crippen molar-refractivity contribution >= 4 is 17.6 Å². The highest BCUT2D eigenvalue weighted by molar-refractivity contribution is 5.79. The van der Waals surface area contributed by atoms with Gasteiger partial charge in [-0.15, -0.1) is 0 Å². The van der Waals surface area contributed by atoms with Gasteiger partial charge in [-0.05, 0) is 49.7 Å². The van der Waals surface area contributed by atoms with Crippen molar-refractivity contribution in [3.63, 3.8) is 0 Å². The average Bonchev–Trinajstić information content (AvgIpc) is 2.73. The Labute approximate surface area is 176 Å². The Bertz CT molecular complexity index is 618. The smallest absolute Gasteiger partial charge is 0.222 e. The van der Waals surface area contributed by atoms with Gasteiger partial charge in [-0.25, -0.2) is 4.98 Å². The number of nitrogens with one attached hydrogen (secondary N) is 1. The van der Waals surface area contributed by atoms with Gasteiger partial charge in [0, 0.05) is 51.8 Å². The zero-order chi connectivity index (χ0) is 21.1. The Morgan fingerprint density at radius 1 is 1.14 bits per heavy atom. The first kappa shape index (κ1) is 23.2. The number of rotatable bonds is 11. The molecule has 1 aliphatic rings. The van der Waals surface area contributed by atoms with Crippen molar-refractivity contribution in [1.82, 2.24) is 15.2 Å². The van der Waals surface area contributed by atoms with Gasteiger partial charge in [0.2, 0.25) is 11.8 Å². The van der Waals surface area contributed by atoms with Crippen LogP contribution in [-0.4, -0.2) is 47.9 Å². The summed E-state index contributed by atoms with van der Waals surface area (Å²) in [4.78, 5) is 33.2. The maximum Gasteiger partial charge on any atom is 0.222 e. The average molecular weight is 403 g/mol. The van der Waals surface area contributed by atoms with Gasteiger partial charge in [0.25, 0.3) is 0 Å². The SMILES string of the molecule is CCCN(CCC)C(=O)CCCC(=O)NCc1ccc(N2CCC(C)CC2)nc1. The second-order valence-electron chi connectivity index (χ2n) is 8.21. The quantitative estimate of drug-likeness (QED) is 0.612. The van der Waals surface area contributed by atoms with E-state index in [2.05, 4.69) is 36.0 Å². The van der Waals surface area contributed by atoms with Crippen LogP contribution in [-0.2, 0) is 16.1 Å². The molecule has 0 bridgehead atoms. The summed E-state index contributed by atoms with van der Waals surface area (Å²) in [5.74, 6) is 1.98. The lowest BCUT2D eigenvalue weighted by molar-refractivity contribution is -0.131. The van der Waals surface area contributed by atoms with Crippen LogP contribution >= 0.6 is 0 Å². The van der Waals surface area contributed by atoms with Crippen LogP contribution in [0.5, 0.6) is 0 Å². The van der Waals surface area contributed by atoms with E-state index in [1.54, 1.807) is 0 Å². The number of pyridine rings is 1. The molecular weight excluding hydrogens is 364 g/mol. The van der Waals surface area contributed by atoms with Gasteiger partial charge >= 0.3 is 0 Å². The van der Waals surface area contributed by atoms with Crippen molar-refractivity contribution in [2.75, 3.05) is 31.1 Å². The van der Waals surface area contributed by atoms with E-state index in [-0.39, 0.29) is 11.8 Å². The fraction of sp³-hybridized carbons (Fsp3) is 0.696. The minimum Gasteiger partial charge on any atom is -0.357 e. The molecule has 0 saturated carbocycles. The molecule has 6 heteroatoms. The van der Waals surface area contributed by atoms with E-state index in [1.807, 2.05) is 23.2 Å². The second kappa shape index (κ2) is 12.5. The molecule has 0 aliphatic carbocycles. The summed E-state index contributed by atoms with van der Waals surface area (Å²) in [7, 11) is 0. The zero-order valence-electron chi connectivity index (χ0n) is 18.5. The molecule has 1 aliphatic heterocycles. The number of hydrogen-bond acceptors (Lipinski definition) is 4.